The lowest BCUT2D eigenvalue weighted by molar-refractivity contribution is 0.0236. The minimum Gasteiger partial charge on any atom is -0.366 e. The average Bonchev–Trinajstić information content (AvgIpc) is 2.85. The minimum atomic E-state index is -0.142. The predicted molar refractivity (Wildman–Crippen MR) is 86.6 cm³/mol. The summed E-state index contributed by atoms with van der Waals surface area (Å²) in [4.78, 5) is 1.06. The summed E-state index contributed by atoms with van der Waals surface area (Å²) in [5.41, 5.74) is 7.20. The maximum Gasteiger partial charge on any atom is 0.107 e. The van der Waals surface area contributed by atoms with Crippen LogP contribution in [0.25, 0.3) is 0 Å². The second-order valence-electron chi connectivity index (χ2n) is 4.58. The molecule has 0 spiro atoms. The molecule has 108 valence electrons. The minimum absolute atomic E-state index is 0.0519. The fourth-order valence-electron chi connectivity index (χ4n) is 1.92. The van der Waals surface area contributed by atoms with Crippen LogP contribution in [-0.4, -0.2) is 6.04 Å². The maximum atomic E-state index is 6.17. The van der Waals surface area contributed by atoms with Gasteiger partial charge in [0.1, 0.15) is 6.10 Å². The van der Waals surface area contributed by atoms with Crippen molar-refractivity contribution in [3.05, 3.63) is 56.2 Å². The largest absolute Gasteiger partial charge is 0.366 e. The summed E-state index contributed by atoms with van der Waals surface area (Å²) < 4.78 is 6.75. The summed E-state index contributed by atoms with van der Waals surface area (Å²) >= 11 is 13.5. The van der Waals surface area contributed by atoms with Crippen molar-refractivity contribution in [1.82, 2.24) is 0 Å². The Hall–Kier alpha value is -0.580. The third kappa shape index (κ3) is 4.21. The Morgan fingerprint density at radius 3 is 2.65 bits per heavy atom. The highest BCUT2D eigenvalue weighted by atomic mass is 35.5. The number of hydrogen-bond donors (Lipinski definition) is 1. The number of rotatable bonds is 6. The van der Waals surface area contributed by atoms with Gasteiger partial charge in [0.05, 0.1) is 10.9 Å². The number of hydrogen-bond acceptors (Lipinski definition) is 3. The lowest BCUT2D eigenvalue weighted by Gasteiger charge is -2.22. The molecule has 2 nitrogen and oxygen atoms in total. The van der Waals surface area contributed by atoms with Crippen LogP contribution in [0.2, 0.25) is 9.36 Å². The van der Waals surface area contributed by atoms with Gasteiger partial charge in [-0.2, -0.15) is 0 Å². The molecule has 0 aliphatic rings. The summed E-state index contributed by atoms with van der Waals surface area (Å²) in [5.74, 6) is 0. The van der Waals surface area contributed by atoms with E-state index in [1.807, 2.05) is 36.4 Å². The molecular weight excluding hydrogens is 313 g/mol. The van der Waals surface area contributed by atoms with Gasteiger partial charge in [0, 0.05) is 15.9 Å². The predicted octanol–water partition coefficient (Wildman–Crippen LogP) is 5.05. The lowest BCUT2D eigenvalue weighted by Crippen LogP contribution is -2.29. The third-order valence-electron chi connectivity index (χ3n) is 3.05. The first-order chi connectivity index (χ1) is 9.60. The molecule has 20 heavy (non-hydrogen) atoms. The van der Waals surface area contributed by atoms with Crippen LogP contribution in [0.15, 0.2) is 36.4 Å². The average molecular weight is 330 g/mol. The quantitative estimate of drug-likeness (QED) is 0.804. The van der Waals surface area contributed by atoms with Crippen molar-refractivity contribution in [3.8, 4) is 0 Å². The summed E-state index contributed by atoms with van der Waals surface area (Å²) in [6.45, 7) is 2.53. The van der Waals surface area contributed by atoms with Crippen molar-refractivity contribution < 1.29 is 4.74 Å². The van der Waals surface area contributed by atoms with Crippen LogP contribution in [0.4, 0.5) is 0 Å². The van der Waals surface area contributed by atoms with Crippen LogP contribution in [0.5, 0.6) is 0 Å². The van der Waals surface area contributed by atoms with Gasteiger partial charge in [-0.1, -0.05) is 42.3 Å². The summed E-state index contributed by atoms with van der Waals surface area (Å²) in [7, 11) is 0. The van der Waals surface area contributed by atoms with Crippen molar-refractivity contribution in [2.45, 2.75) is 32.1 Å². The zero-order chi connectivity index (χ0) is 14.5. The van der Waals surface area contributed by atoms with Gasteiger partial charge < -0.3 is 10.5 Å². The maximum absolute atomic E-state index is 6.17. The lowest BCUT2D eigenvalue weighted by atomic mass is 10.1. The van der Waals surface area contributed by atoms with Crippen molar-refractivity contribution in [1.29, 1.82) is 0 Å². The molecule has 0 aliphatic carbocycles. The molecule has 1 heterocycles. The van der Waals surface area contributed by atoms with Gasteiger partial charge in [0.15, 0.2) is 0 Å². The van der Waals surface area contributed by atoms with Gasteiger partial charge >= 0.3 is 0 Å². The normalized spacial score (nSPS) is 14.2. The highest BCUT2D eigenvalue weighted by Gasteiger charge is 2.21. The molecule has 0 saturated heterocycles. The molecule has 2 N–H and O–H groups in total. The van der Waals surface area contributed by atoms with E-state index in [1.54, 1.807) is 0 Å². The Morgan fingerprint density at radius 2 is 2.05 bits per heavy atom. The highest BCUT2D eigenvalue weighted by Crippen LogP contribution is 2.32. The van der Waals surface area contributed by atoms with Crippen LogP contribution in [0.1, 0.15) is 29.9 Å². The van der Waals surface area contributed by atoms with Crippen molar-refractivity contribution in [2.75, 3.05) is 0 Å². The van der Waals surface area contributed by atoms with E-state index in [-0.39, 0.29) is 12.1 Å². The Labute approximate surface area is 133 Å². The molecule has 0 radical (unpaired) electrons. The first-order valence-corrected chi connectivity index (χ1v) is 8.04. The van der Waals surface area contributed by atoms with Crippen LogP contribution < -0.4 is 5.73 Å². The Balaban J connectivity index is 2.08. The highest BCUT2D eigenvalue weighted by molar-refractivity contribution is 7.16. The van der Waals surface area contributed by atoms with E-state index in [2.05, 4.69) is 6.92 Å². The molecule has 0 fully saturated rings. The van der Waals surface area contributed by atoms with E-state index in [0.717, 1.165) is 21.2 Å². The van der Waals surface area contributed by atoms with Crippen molar-refractivity contribution in [2.24, 2.45) is 5.73 Å². The molecule has 0 bridgehead atoms. The molecule has 0 saturated carbocycles. The van der Waals surface area contributed by atoms with Crippen LogP contribution in [0, 0.1) is 0 Å². The molecule has 2 unspecified atom stereocenters. The first kappa shape index (κ1) is 15.8. The molecule has 0 amide bonds. The molecule has 1 aromatic heterocycles. The van der Waals surface area contributed by atoms with Gasteiger partial charge in [-0.15, -0.1) is 11.3 Å². The van der Waals surface area contributed by atoms with Crippen molar-refractivity contribution >= 4 is 34.5 Å². The fourth-order valence-corrected chi connectivity index (χ4v) is 3.32. The second kappa shape index (κ2) is 7.43. The standard InChI is InChI=1S/C15H17Cl2NOS/c1-2-12(18)15(13-6-7-14(17)20-13)19-9-10-4-3-5-11(16)8-10/h3-8,12,15H,2,9,18H2,1H3. The van der Waals surface area contributed by atoms with Gasteiger partial charge in [-0.25, -0.2) is 0 Å². The number of halogens is 2. The SMILES string of the molecule is CCC(N)C(OCc1cccc(Cl)c1)c1ccc(Cl)s1. The molecule has 0 aliphatic heterocycles. The van der Waals surface area contributed by atoms with Gasteiger partial charge in [0.2, 0.25) is 0 Å². The van der Waals surface area contributed by atoms with Crippen LogP contribution >= 0.6 is 34.5 Å². The number of benzene rings is 1. The van der Waals surface area contributed by atoms with E-state index < -0.39 is 0 Å². The van der Waals surface area contributed by atoms with Gasteiger partial charge in [-0.05, 0) is 36.2 Å². The second-order valence-corrected chi connectivity index (χ2v) is 6.76. The van der Waals surface area contributed by atoms with Crippen LogP contribution in [0.3, 0.4) is 0 Å². The molecule has 2 aromatic rings. The first-order valence-electron chi connectivity index (χ1n) is 6.47. The van der Waals surface area contributed by atoms with E-state index in [0.29, 0.717) is 11.6 Å². The van der Waals surface area contributed by atoms with Crippen molar-refractivity contribution in [3.63, 3.8) is 0 Å². The monoisotopic (exact) mass is 329 g/mol. The van der Waals surface area contributed by atoms with E-state index in [4.69, 9.17) is 33.7 Å². The Bertz CT molecular complexity index is 558. The Kier molecular flexibility index (Phi) is 5.87. The summed E-state index contributed by atoms with van der Waals surface area (Å²) in [6.07, 6.45) is 0.701. The van der Waals surface area contributed by atoms with E-state index in [9.17, 15) is 0 Å². The zero-order valence-corrected chi connectivity index (χ0v) is 13.5. The fraction of sp³-hybridized carbons (Fsp3) is 0.333. The molecule has 2 rings (SSSR count). The number of nitrogens with two attached hydrogens (primary N) is 1. The smallest absolute Gasteiger partial charge is 0.107 e. The topological polar surface area (TPSA) is 35.2 Å². The molecule has 5 heteroatoms. The molecule has 1 aromatic carbocycles. The number of ether oxygens (including phenoxy) is 1. The third-order valence-corrected chi connectivity index (χ3v) is 4.58. The number of thiophene rings is 1. The van der Waals surface area contributed by atoms with Gasteiger partial charge in [-0.3, -0.25) is 0 Å². The molecular formula is C15H17Cl2NOS. The van der Waals surface area contributed by atoms with Crippen LogP contribution in [-0.2, 0) is 11.3 Å². The summed E-state index contributed by atoms with van der Waals surface area (Å²) in [5, 5.41) is 0.710. The van der Waals surface area contributed by atoms with Gasteiger partial charge in [0.25, 0.3) is 0 Å². The Morgan fingerprint density at radius 1 is 1.25 bits per heavy atom. The van der Waals surface area contributed by atoms with E-state index >= 15 is 0 Å². The zero-order valence-electron chi connectivity index (χ0n) is 11.2. The summed E-state index contributed by atoms with van der Waals surface area (Å²) in [6, 6.07) is 11.4. The van der Waals surface area contributed by atoms with E-state index in [1.165, 1.54) is 11.3 Å². The molecule has 2 atom stereocenters.